The monoisotopic (exact) mass is 313 g/mol. The molecule has 24 heavy (non-hydrogen) atoms. The van der Waals surface area contributed by atoms with E-state index in [1.165, 1.54) is 16.7 Å². The van der Waals surface area contributed by atoms with Crippen LogP contribution in [-0.2, 0) is 6.42 Å². The molecule has 0 atom stereocenters. The van der Waals surface area contributed by atoms with Gasteiger partial charge in [0.2, 0.25) is 5.89 Å². The molecule has 0 saturated carbocycles. The van der Waals surface area contributed by atoms with Gasteiger partial charge in [-0.05, 0) is 35.2 Å². The van der Waals surface area contributed by atoms with Gasteiger partial charge in [0.15, 0.2) is 5.58 Å². The highest BCUT2D eigenvalue weighted by Crippen LogP contribution is 2.33. The Labute approximate surface area is 141 Å². The van der Waals surface area contributed by atoms with E-state index in [0.717, 1.165) is 23.4 Å². The van der Waals surface area contributed by atoms with E-state index >= 15 is 0 Å². The normalized spacial score (nSPS) is 11.2. The molecule has 0 aliphatic heterocycles. The Balaban J connectivity index is 1.87. The number of nitrogens with zero attached hydrogens (tertiary/aromatic N) is 1. The van der Waals surface area contributed by atoms with Gasteiger partial charge in [-0.25, -0.2) is 4.98 Å². The van der Waals surface area contributed by atoms with Crippen LogP contribution in [0.4, 0.5) is 0 Å². The highest BCUT2D eigenvalue weighted by atomic mass is 16.3. The Kier molecular flexibility index (Phi) is 3.87. The molecule has 0 radical (unpaired) electrons. The summed E-state index contributed by atoms with van der Waals surface area (Å²) >= 11 is 0. The van der Waals surface area contributed by atoms with E-state index in [1.54, 1.807) is 0 Å². The van der Waals surface area contributed by atoms with Crippen LogP contribution in [-0.4, -0.2) is 4.98 Å². The number of hydrogen-bond acceptors (Lipinski definition) is 2. The van der Waals surface area contributed by atoms with E-state index < -0.39 is 0 Å². The van der Waals surface area contributed by atoms with Crippen LogP contribution in [0.1, 0.15) is 35.4 Å². The highest BCUT2D eigenvalue weighted by molar-refractivity contribution is 5.73. The summed E-state index contributed by atoms with van der Waals surface area (Å²) in [6.45, 7) is 2.15. The standard InChI is InChI=1S/C22H19NO/c1-2-16-13-14-20-19(15-16)23-22(24-20)21(17-9-5-3-6-10-17)18-11-7-4-8-12-18/h3-15,21H,2H2,1H3. The zero-order valence-corrected chi connectivity index (χ0v) is 13.6. The minimum Gasteiger partial charge on any atom is -0.440 e. The third-order valence-corrected chi connectivity index (χ3v) is 4.39. The quantitative estimate of drug-likeness (QED) is 0.492. The smallest absolute Gasteiger partial charge is 0.207 e. The number of oxazole rings is 1. The summed E-state index contributed by atoms with van der Waals surface area (Å²) in [4.78, 5) is 4.81. The fraction of sp³-hybridized carbons (Fsp3) is 0.136. The number of benzene rings is 3. The minimum absolute atomic E-state index is 0.00452. The second-order valence-corrected chi connectivity index (χ2v) is 5.96. The predicted octanol–water partition coefficient (Wildman–Crippen LogP) is 5.57. The molecule has 2 nitrogen and oxygen atoms in total. The van der Waals surface area contributed by atoms with E-state index in [9.17, 15) is 0 Å². The molecule has 0 amide bonds. The zero-order chi connectivity index (χ0) is 16.4. The molecular formula is C22H19NO. The second-order valence-electron chi connectivity index (χ2n) is 5.96. The Hall–Kier alpha value is -2.87. The van der Waals surface area contributed by atoms with E-state index in [0.29, 0.717) is 0 Å². The predicted molar refractivity (Wildman–Crippen MR) is 97.2 cm³/mol. The van der Waals surface area contributed by atoms with E-state index in [1.807, 2.05) is 18.2 Å². The zero-order valence-electron chi connectivity index (χ0n) is 13.6. The van der Waals surface area contributed by atoms with Crippen LogP contribution >= 0.6 is 0 Å². The fourth-order valence-corrected chi connectivity index (χ4v) is 3.10. The van der Waals surface area contributed by atoms with Crippen LogP contribution in [0, 0.1) is 0 Å². The summed E-state index contributed by atoms with van der Waals surface area (Å²) in [5, 5.41) is 0. The molecule has 0 aliphatic rings. The van der Waals surface area contributed by atoms with Crippen molar-refractivity contribution in [3.05, 3.63) is 101 Å². The molecule has 4 rings (SSSR count). The van der Waals surface area contributed by atoms with E-state index in [2.05, 4.69) is 67.6 Å². The van der Waals surface area contributed by atoms with Gasteiger partial charge < -0.3 is 4.42 Å². The lowest BCUT2D eigenvalue weighted by Gasteiger charge is -2.14. The summed E-state index contributed by atoms with van der Waals surface area (Å²) in [7, 11) is 0. The number of hydrogen-bond donors (Lipinski definition) is 0. The molecule has 0 fully saturated rings. The molecular weight excluding hydrogens is 294 g/mol. The lowest BCUT2D eigenvalue weighted by atomic mass is 9.91. The maximum atomic E-state index is 6.13. The average molecular weight is 313 g/mol. The number of aryl methyl sites for hydroxylation is 1. The minimum atomic E-state index is 0.00452. The third kappa shape index (κ3) is 2.71. The SMILES string of the molecule is CCc1ccc2oc(C(c3ccccc3)c3ccccc3)nc2c1. The molecule has 2 heteroatoms. The Morgan fingerprint density at radius 3 is 2.04 bits per heavy atom. The van der Waals surface area contributed by atoms with Crippen molar-refractivity contribution < 1.29 is 4.42 Å². The maximum absolute atomic E-state index is 6.13. The summed E-state index contributed by atoms with van der Waals surface area (Å²) < 4.78 is 6.13. The van der Waals surface area contributed by atoms with Crippen molar-refractivity contribution in [3.8, 4) is 0 Å². The van der Waals surface area contributed by atoms with Gasteiger partial charge in [-0.1, -0.05) is 73.7 Å². The molecule has 1 aromatic heterocycles. The number of aromatic nitrogens is 1. The molecule has 1 heterocycles. The first-order valence-electron chi connectivity index (χ1n) is 8.34. The van der Waals surface area contributed by atoms with Gasteiger partial charge in [-0.3, -0.25) is 0 Å². The summed E-state index contributed by atoms with van der Waals surface area (Å²) in [5.41, 5.74) is 5.43. The summed E-state index contributed by atoms with van der Waals surface area (Å²) in [5.74, 6) is 0.750. The molecule has 0 N–H and O–H groups in total. The molecule has 0 unspecified atom stereocenters. The van der Waals surface area contributed by atoms with E-state index in [-0.39, 0.29) is 5.92 Å². The fourth-order valence-electron chi connectivity index (χ4n) is 3.10. The van der Waals surface area contributed by atoms with Crippen LogP contribution in [0.2, 0.25) is 0 Å². The second kappa shape index (κ2) is 6.32. The Morgan fingerprint density at radius 1 is 0.833 bits per heavy atom. The van der Waals surface area contributed by atoms with Crippen molar-refractivity contribution in [1.82, 2.24) is 4.98 Å². The number of rotatable bonds is 4. The Morgan fingerprint density at radius 2 is 1.46 bits per heavy atom. The van der Waals surface area contributed by atoms with Crippen molar-refractivity contribution in [2.75, 3.05) is 0 Å². The topological polar surface area (TPSA) is 26.0 Å². The van der Waals surface area contributed by atoms with Crippen molar-refractivity contribution in [2.24, 2.45) is 0 Å². The Bertz CT molecular complexity index is 902. The van der Waals surface area contributed by atoms with Gasteiger partial charge in [0, 0.05) is 0 Å². The maximum Gasteiger partial charge on any atom is 0.207 e. The number of fused-ring (bicyclic) bond motifs is 1. The van der Waals surface area contributed by atoms with Crippen molar-refractivity contribution >= 4 is 11.1 Å². The molecule has 0 saturated heterocycles. The van der Waals surface area contributed by atoms with Crippen LogP contribution in [0.5, 0.6) is 0 Å². The highest BCUT2D eigenvalue weighted by Gasteiger charge is 2.22. The van der Waals surface area contributed by atoms with Crippen LogP contribution in [0.3, 0.4) is 0 Å². The van der Waals surface area contributed by atoms with Gasteiger partial charge >= 0.3 is 0 Å². The first-order valence-corrected chi connectivity index (χ1v) is 8.34. The van der Waals surface area contributed by atoms with Gasteiger partial charge in [0.1, 0.15) is 5.52 Å². The van der Waals surface area contributed by atoms with Gasteiger partial charge in [-0.15, -0.1) is 0 Å². The molecule has 0 aliphatic carbocycles. The molecule has 4 aromatic rings. The summed E-state index contributed by atoms with van der Waals surface area (Å²) in [6, 6.07) is 27.1. The van der Waals surface area contributed by atoms with Crippen molar-refractivity contribution in [3.63, 3.8) is 0 Å². The largest absolute Gasteiger partial charge is 0.440 e. The van der Waals surface area contributed by atoms with Crippen LogP contribution < -0.4 is 0 Å². The molecule has 0 spiro atoms. The molecule has 0 bridgehead atoms. The van der Waals surface area contributed by atoms with Crippen molar-refractivity contribution in [1.29, 1.82) is 0 Å². The van der Waals surface area contributed by atoms with Crippen LogP contribution in [0.15, 0.2) is 83.3 Å². The van der Waals surface area contributed by atoms with Gasteiger partial charge in [-0.2, -0.15) is 0 Å². The first kappa shape index (κ1) is 14.7. The molecule has 3 aromatic carbocycles. The van der Waals surface area contributed by atoms with Gasteiger partial charge in [0.25, 0.3) is 0 Å². The van der Waals surface area contributed by atoms with Crippen LogP contribution in [0.25, 0.3) is 11.1 Å². The van der Waals surface area contributed by atoms with E-state index in [4.69, 9.17) is 9.40 Å². The van der Waals surface area contributed by atoms with Gasteiger partial charge in [0.05, 0.1) is 5.92 Å². The first-order chi connectivity index (χ1) is 11.8. The lowest BCUT2D eigenvalue weighted by molar-refractivity contribution is 0.522. The van der Waals surface area contributed by atoms with Crippen molar-refractivity contribution in [2.45, 2.75) is 19.3 Å². The third-order valence-electron chi connectivity index (χ3n) is 4.39. The summed E-state index contributed by atoms with van der Waals surface area (Å²) in [6.07, 6.45) is 0.999. The lowest BCUT2D eigenvalue weighted by Crippen LogP contribution is -2.03. The molecule has 118 valence electrons. The average Bonchev–Trinajstić information content (AvgIpc) is 3.06.